The highest BCUT2D eigenvalue weighted by Crippen LogP contribution is 2.22. The first kappa shape index (κ1) is 24.0. The van der Waals surface area contributed by atoms with Crippen molar-refractivity contribution < 1.29 is 9.53 Å². The van der Waals surface area contributed by atoms with E-state index in [4.69, 9.17) is 16.3 Å². The molecule has 4 aromatic rings. The second kappa shape index (κ2) is 10.4. The number of hydrogen-bond donors (Lipinski definition) is 1. The smallest absolute Gasteiger partial charge is 0.262 e. The van der Waals surface area contributed by atoms with Crippen LogP contribution in [0, 0.1) is 13.8 Å². The Morgan fingerprint density at radius 3 is 2.65 bits per heavy atom. The van der Waals surface area contributed by atoms with E-state index in [2.05, 4.69) is 15.4 Å². The number of nitrogens with zero attached hydrogens (tertiary/aromatic N) is 4. The van der Waals surface area contributed by atoms with E-state index >= 15 is 0 Å². The van der Waals surface area contributed by atoms with E-state index in [1.165, 1.54) is 16.3 Å². The highest BCUT2D eigenvalue weighted by atomic mass is 35.5. The van der Waals surface area contributed by atoms with E-state index in [0.717, 1.165) is 16.9 Å². The van der Waals surface area contributed by atoms with Gasteiger partial charge in [-0.3, -0.25) is 14.2 Å². The van der Waals surface area contributed by atoms with Gasteiger partial charge >= 0.3 is 0 Å². The topological polar surface area (TPSA) is 91.0 Å². The minimum absolute atomic E-state index is 0.0591. The molecule has 0 aliphatic heterocycles. The molecule has 0 aliphatic carbocycles. The molecule has 0 fully saturated rings. The summed E-state index contributed by atoms with van der Waals surface area (Å²) in [4.78, 5) is 30.5. The van der Waals surface area contributed by atoms with Crippen molar-refractivity contribution in [2.75, 3.05) is 24.8 Å². The number of nitrogens with one attached hydrogen (secondary N) is 1. The monoisotopic (exact) mass is 497 g/mol. The van der Waals surface area contributed by atoms with E-state index in [-0.39, 0.29) is 17.2 Å². The lowest BCUT2D eigenvalue weighted by atomic mass is 10.2. The van der Waals surface area contributed by atoms with Crippen molar-refractivity contribution in [2.24, 2.45) is 0 Å². The number of carbonyl (C=O) groups is 1. The third-order valence-corrected chi connectivity index (χ3v) is 6.32. The standard InChI is InChI=1S/C24H24ClN5O3S/c1-15-4-7-18(8-5-15)30-21(12-16(2)28-30)27-22(31)14-34-24-26-20-13-17(25)6-9-19(20)23(32)29(24)10-11-33-3/h4-9,12-13H,10-11,14H2,1-3H3,(H,27,31). The quantitative estimate of drug-likeness (QED) is 0.289. The summed E-state index contributed by atoms with van der Waals surface area (Å²) in [6.45, 7) is 4.55. The minimum Gasteiger partial charge on any atom is -0.383 e. The fraction of sp³-hybridized carbons (Fsp3) is 0.250. The van der Waals surface area contributed by atoms with Gasteiger partial charge in [0.25, 0.3) is 5.56 Å². The lowest BCUT2D eigenvalue weighted by Crippen LogP contribution is -2.26. The molecule has 0 unspecified atom stereocenters. The molecule has 4 rings (SSSR count). The summed E-state index contributed by atoms with van der Waals surface area (Å²) in [6.07, 6.45) is 0. The van der Waals surface area contributed by atoms with Gasteiger partial charge in [0.2, 0.25) is 5.91 Å². The number of rotatable bonds is 8. The molecule has 34 heavy (non-hydrogen) atoms. The van der Waals surface area contributed by atoms with Crippen molar-refractivity contribution in [3.05, 3.63) is 75.2 Å². The summed E-state index contributed by atoms with van der Waals surface area (Å²) < 4.78 is 8.37. The maximum Gasteiger partial charge on any atom is 0.262 e. The van der Waals surface area contributed by atoms with Gasteiger partial charge in [0.1, 0.15) is 5.82 Å². The van der Waals surface area contributed by atoms with Gasteiger partial charge in [-0.05, 0) is 44.2 Å². The predicted molar refractivity (Wildman–Crippen MR) is 135 cm³/mol. The lowest BCUT2D eigenvalue weighted by Gasteiger charge is -2.13. The van der Waals surface area contributed by atoms with Crippen molar-refractivity contribution in [3.8, 4) is 5.69 Å². The van der Waals surface area contributed by atoms with E-state index in [0.29, 0.717) is 40.1 Å². The van der Waals surface area contributed by atoms with E-state index in [1.807, 2.05) is 44.2 Å². The van der Waals surface area contributed by atoms with Gasteiger partial charge in [-0.25, -0.2) is 9.67 Å². The van der Waals surface area contributed by atoms with Crippen molar-refractivity contribution in [2.45, 2.75) is 25.5 Å². The van der Waals surface area contributed by atoms with E-state index in [1.54, 1.807) is 30.0 Å². The van der Waals surface area contributed by atoms with Crippen LogP contribution in [0.2, 0.25) is 5.02 Å². The Morgan fingerprint density at radius 2 is 1.91 bits per heavy atom. The zero-order valence-corrected chi connectivity index (χ0v) is 20.6. The number of hydrogen-bond acceptors (Lipinski definition) is 6. The zero-order valence-electron chi connectivity index (χ0n) is 19.0. The Balaban J connectivity index is 1.56. The second-order valence-electron chi connectivity index (χ2n) is 7.76. The molecule has 0 spiro atoms. The molecule has 2 heterocycles. The number of fused-ring (bicyclic) bond motifs is 1. The van der Waals surface area contributed by atoms with Crippen molar-refractivity contribution in [1.29, 1.82) is 0 Å². The molecule has 0 atom stereocenters. The van der Waals surface area contributed by atoms with E-state index < -0.39 is 0 Å². The summed E-state index contributed by atoms with van der Waals surface area (Å²) in [5.41, 5.74) is 3.06. The molecular weight excluding hydrogens is 474 g/mol. The van der Waals surface area contributed by atoms with E-state index in [9.17, 15) is 9.59 Å². The first-order valence-corrected chi connectivity index (χ1v) is 12.0. The van der Waals surface area contributed by atoms with Crippen LogP contribution in [0.3, 0.4) is 0 Å². The van der Waals surface area contributed by atoms with Gasteiger partial charge in [0.15, 0.2) is 5.16 Å². The van der Waals surface area contributed by atoms with Crippen LogP contribution in [-0.4, -0.2) is 44.7 Å². The Hall–Kier alpha value is -3.14. The third-order valence-electron chi connectivity index (χ3n) is 5.11. The van der Waals surface area contributed by atoms with Crippen LogP contribution in [-0.2, 0) is 16.1 Å². The number of halogens is 1. The van der Waals surface area contributed by atoms with Crippen LogP contribution in [0.1, 0.15) is 11.3 Å². The molecule has 0 radical (unpaired) electrons. The highest BCUT2D eigenvalue weighted by molar-refractivity contribution is 7.99. The fourth-order valence-corrected chi connectivity index (χ4v) is 4.44. The summed E-state index contributed by atoms with van der Waals surface area (Å²) in [5.74, 6) is 0.392. The average molecular weight is 498 g/mol. The number of methoxy groups -OCH3 is 1. The van der Waals surface area contributed by atoms with Crippen LogP contribution in [0.5, 0.6) is 0 Å². The lowest BCUT2D eigenvalue weighted by molar-refractivity contribution is -0.113. The Kier molecular flexibility index (Phi) is 7.35. The Morgan fingerprint density at radius 1 is 1.15 bits per heavy atom. The molecular formula is C24H24ClN5O3S. The molecule has 0 saturated carbocycles. The Bertz CT molecular complexity index is 1400. The van der Waals surface area contributed by atoms with Crippen LogP contribution in [0.25, 0.3) is 16.6 Å². The predicted octanol–water partition coefficient (Wildman–Crippen LogP) is 4.23. The summed E-state index contributed by atoms with van der Waals surface area (Å²) in [7, 11) is 1.57. The average Bonchev–Trinajstić information content (AvgIpc) is 3.17. The molecule has 2 aromatic heterocycles. The van der Waals surface area contributed by atoms with Crippen molar-refractivity contribution >= 4 is 46.0 Å². The SMILES string of the molecule is COCCn1c(SCC(=O)Nc2cc(C)nn2-c2ccc(C)cc2)nc2cc(Cl)ccc2c1=O. The van der Waals surface area contributed by atoms with Crippen molar-refractivity contribution in [3.63, 3.8) is 0 Å². The van der Waals surface area contributed by atoms with Gasteiger partial charge < -0.3 is 10.1 Å². The Labute approximate surface area is 205 Å². The first-order chi connectivity index (χ1) is 16.4. The van der Waals surface area contributed by atoms with Gasteiger partial charge in [-0.15, -0.1) is 0 Å². The molecule has 0 aliphatic rings. The first-order valence-electron chi connectivity index (χ1n) is 10.6. The number of ether oxygens (including phenoxy) is 1. The van der Waals surface area contributed by atoms with Crippen LogP contribution >= 0.6 is 23.4 Å². The number of anilines is 1. The van der Waals surface area contributed by atoms with Gasteiger partial charge in [0, 0.05) is 18.2 Å². The maximum absolute atomic E-state index is 13.0. The molecule has 1 N–H and O–H groups in total. The summed E-state index contributed by atoms with van der Waals surface area (Å²) in [6, 6.07) is 14.7. The number of carbonyl (C=O) groups excluding carboxylic acids is 1. The van der Waals surface area contributed by atoms with Crippen molar-refractivity contribution in [1.82, 2.24) is 19.3 Å². The molecule has 176 valence electrons. The normalized spacial score (nSPS) is 11.2. The molecule has 0 bridgehead atoms. The highest BCUT2D eigenvalue weighted by Gasteiger charge is 2.16. The van der Waals surface area contributed by atoms with Crippen LogP contribution in [0.4, 0.5) is 5.82 Å². The largest absolute Gasteiger partial charge is 0.383 e. The molecule has 10 heteroatoms. The van der Waals surface area contributed by atoms with Crippen LogP contribution in [0.15, 0.2) is 58.5 Å². The third kappa shape index (κ3) is 5.32. The summed E-state index contributed by atoms with van der Waals surface area (Å²) >= 11 is 7.27. The zero-order chi connectivity index (χ0) is 24.2. The van der Waals surface area contributed by atoms with Crippen LogP contribution < -0.4 is 10.9 Å². The maximum atomic E-state index is 13.0. The van der Waals surface area contributed by atoms with Gasteiger partial charge in [-0.2, -0.15) is 5.10 Å². The summed E-state index contributed by atoms with van der Waals surface area (Å²) in [5, 5.41) is 8.79. The number of aromatic nitrogens is 4. The van der Waals surface area contributed by atoms with Gasteiger partial charge in [0.05, 0.1) is 41.2 Å². The molecule has 1 amide bonds. The fourth-order valence-electron chi connectivity index (χ4n) is 3.44. The molecule has 8 nitrogen and oxygen atoms in total. The number of amides is 1. The second-order valence-corrected chi connectivity index (χ2v) is 9.14. The number of benzene rings is 2. The van der Waals surface area contributed by atoms with Gasteiger partial charge in [-0.1, -0.05) is 41.1 Å². The number of aryl methyl sites for hydroxylation is 2. The number of thioether (sulfide) groups is 1. The molecule has 0 saturated heterocycles. The molecule has 2 aromatic carbocycles. The minimum atomic E-state index is -0.239.